The highest BCUT2D eigenvalue weighted by Crippen LogP contribution is 2.13. The van der Waals surface area contributed by atoms with Crippen LogP contribution in [0.4, 0.5) is 10.1 Å². The van der Waals surface area contributed by atoms with Gasteiger partial charge in [0.05, 0.1) is 12.2 Å². The first-order valence-corrected chi connectivity index (χ1v) is 5.70. The summed E-state index contributed by atoms with van der Waals surface area (Å²) in [6.07, 6.45) is 1.30. The predicted octanol–water partition coefficient (Wildman–Crippen LogP) is 2.62. The molecule has 19 heavy (non-hydrogen) atoms. The van der Waals surface area contributed by atoms with Gasteiger partial charge < -0.3 is 10.1 Å². The number of carbonyl (C=O) groups excluding carboxylic acids is 1. The lowest BCUT2D eigenvalue weighted by molar-refractivity contribution is 0.102. The number of amides is 1. The van der Waals surface area contributed by atoms with E-state index in [0.29, 0.717) is 12.3 Å². The van der Waals surface area contributed by atoms with Gasteiger partial charge in [-0.25, -0.2) is 4.98 Å². The molecule has 0 fully saturated rings. The van der Waals surface area contributed by atoms with Crippen LogP contribution in [0.3, 0.4) is 0 Å². The fourth-order valence-corrected chi connectivity index (χ4v) is 1.66. The molecule has 0 saturated heterocycles. The fourth-order valence-electron chi connectivity index (χ4n) is 1.66. The van der Waals surface area contributed by atoms with E-state index in [1.54, 1.807) is 25.3 Å². The van der Waals surface area contributed by atoms with E-state index in [4.69, 9.17) is 4.74 Å². The molecule has 1 aromatic carbocycles. The number of nitrogens with zero attached hydrogens (tertiary/aromatic N) is 1. The molecule has 0 atom stereocenters. The molecular formula is C14H13FN2O2. The van der Waals surface area contributed by atoms with Gasteiger partial charge in [0.15, 0.2) is 0 Å². The molecule has 1 heterocycles. The van der Waals surface area contributed by atoms with Crippen LogP contribution in [0.2, 0.25) is 0 Å². The van der Waals surface area contributed by atoms with Crippen LogP contribution in [0.15, 0.2) is 42.6 Å². The number of pyridine rings is 1. The Bertz CT molecular complexity index is 587. The van der Waals surface area contributed by atoms with Gasteiger partial charge in [-0.2, -0.15) is 4.39 Å². The van der Waals surface area contributed by atoms with Gasteiger partial charge in [0.1, 0.15) is 0 Å². The van der Waals surface area contributed by atoms with E-state index in [1.807, 2.05) is 6.07 Å². The van der Waals surface area contributed by atoms with Crippen LogP contribution in [0, 0.1) is 5.95 Å². The van der Waals surface area contributed by atoms with Crippen molar-refractivity contribution in [2.45, 2.75) is 6.61 Å². The van der Waals surface area contributed by atoms with Gasteiger partial charge >= 0.3 is 0 Å². The lowest BCUT2D eigenvalue weighted by atomic mass is 10.2. The van der Waals surface area contributed by atoms with Crippen LogP contribution in [0.5, 0.6) is 0 Å². The summed E-state index contributed by atoms with van der Waals surface area (Å²) in [7, 11) is 1.59. The Labute approximate surface area is 110 Å². The number of hydrogen-bond acceptors (Lipinski definition) is 3. The Morgan fingerprint density at radius 1 is 1.37 bits per heavy atom. The molecule has 1 amide bonds. The van der Waals surface area contributed by atoms with Crippen molar-refractivity contribution in [3.63, 3.8) is 0 Å². The first kappa shape index (κ1) is 13.2. The van der Waals surface area contributed by atoms with Crippen LogP contribution < -0.4 is 5.32 Å². The largest absolute Gasteiger partial charge is 0.380 e. The van der Waals surface area contributed by atoms with Crippen molar-refractivity contribution in [2.75, 3.05) is 12.4 Å². The maximum atomic E-state index is 13.4. The Balaban J connectivity index is 2.15. The second-order valence-electron chi connectivity index (χ2n) is 3.93. The summed E-state index contributed by atoms with van der Waals surface area (Å²) in [5, 5.41) is 2.62. The van der Waals surface area contributed by atoms with E-state index < -0.39 is 11.9 Å². The minimum absolute atomic E-state index is 0.0837. The molecule has 0 spiro atoms. The lowest BCUT2D eigenvalue weighted by Crippen LogP contribution is -2.14. The first-order chi connectivity index (χ1) is 9.20. The van der Waals surface area contributed by atoms with Crippen molar-refractivity contribution in [1.29, 1.82) is 0 Å². The molecular weight excluding hydrogens is 247 g/mol. The van der Waals surface area contributed by atoms with E-state index in [0.717, 1.165) is 5.56 Å². The van der Waals surface area contributed by atoms with Crippen molar-refractivity contribution < 1.29 is 13.9 Å². The van der Waals surface area contributed by atoms with E-state index in [1.165, 1.54) is 18.3 Å². The quantitative estimate of drug-likeness (QED) is 0.860. The Hall–Kier alpha value is -2.27. The first-order valence-electron chi connectivity index (χ1n) is 5.70. The van der Waals surface area contributed by atoms with Gasteiger partial charge in [-0.1, -0.05) is 12.1 Å². The second kappa shape index (κ2) is 6.06. The summed E-state index contributed by atoms with van der Waals surface area (Å²) < 4.78 is 18.4. The maximum absolute atomic E-state index is 13.4. The van der Waals surface area contributed by atoms with Crippen molar-refractivity contribution >= 4 is 11.6 Å². The second-order valence-corrected chi connectivity index (χ2v) is 3.93. The third-order valence-corrected chi connectivity index (χ3v) is 2.50. The number of benzene rings is 1. The number of ether oxygens (including phenoxy) is 1. The number of halogens is 1. The summed E-state index contributed by atoms with van der Waals surface area (Å²) in [6, 6.07) is 10.1. The summed E-state index contributed by atoms with van der Waals surface area (Å²) in [4.78, 5) is 15.3. The summed E-state index contributed by atoms with van der Waals surface area (Å²) in [5.74, 6) is -1.31. The van der Waals surface area contributed by atoms with Gasteiger partial charge in [-0.05, 0) is 29.8 Å². The Morgan fingerprint density at radius 3 is 2.95 bits per heavy atom. The third-order valence-electron chi connectivity index (χ3n) is 2.50. The van der Waals surface area contributed by atoms with Gasteiger partial charge in [0, 0.05) is 19.0 Å². The normalized spacial score (nSPS) is 10.2. The average Bonchev–Trinajstić information content (AvgIpc) is 2.40. The molecule has 0 aliphatic carbocycles. The molecule has 5 heteroatoms. The lowest BCUT2D eigenvalue weighted by Gasteiger charge is -2.07. The van der Waals surface area contributed by atoms with Gasteiger partial charge in [-0.3, -0.25) is 4.79 Å². The van der Waals surface area contributed by atoms with E-state index in [9.17, 15) is 9.18 Å². The molecule has 4 nitrogen and oxygen atoms in total. The molecule has 2 aromatic rings. The van der Waals surface area contributed by atoms with E-state index >= 15 is 0 Å². The molecule has 2 rings (SSSR count). The minimum atomic E-state index is -0.784. The standard InChI is InChI=1S/C14H13FN2O2/c1-19-9-10-4-2-5-11(8-10)17-14(18)12-6-3-7-16-13(12)15/h2-8H,9H2,1H3,(H,17,18). The monoisotopic (exact) mass is 260 g/mol. The minimum Gasteiger partial charge on any atom is -0.380 e. The van der Waals surface area contributed by atoms with Crippen molar-refractivity contribution in [3.05, 3.63) is 59.7 Å². The summed E-state index contributed by atoms with van der Waals surface area (Å²) in [5.41, 5.74) is 1.43. The SMILES string of the molecule is COCc1cccc(NC(=O)c2cccnc2F)c1. The van der Waals surface area contributed by atoms with Crippen LogP contribution in [0.25, 0.3) is 0 Å². The predicted molar refractivity (Wildman–Crippen MR) is 69.3 cm³/mol. The van der Waals surface area contributed by atoms with E-state index in [-0.39, 0.29) is 5.56 Å². The zero-order valence-corrected chi connectivity index (χ0v) is 10.4. The molecule has 0 aliphatic rings. The van der Waals surface area contributed by atoms with Crippen LogP contribution >= 0.6 is 0 Å². The Kier molecular flexibility index (Phi) is 4.20. The van der Waals surface area contributed by atoms with Crippen molar-refractivity contribution in [1.82, 2.24) is 4.98 Å². The molecule has 0 aliphatic heterocycles. The van der Waals surface area contributed by atoms with Crippen molar-refractivity contribution in [2.24, 2.45) is 0 Å². The number of carbonyl (C=O) groups is 1. The van der Waals surface area contributed by atoms with Gasteiger partial charge in [0.2, 0.25) is 5.95 Å². The molecule has 0 saturated carbocycles. The molecule has 0 unspecified atom stereocenters. The van der Waals surface area contributed by atoms with Gasteiger partial charge in [-0.15, -0.1) is 0 Å². The zero-order valence-electron chi connectivity index (χ0n) is 10.4. The number of methoxy groups -OCH3 is 1. The van der Waals surface area contributed by atoms with Crippen LogP contribution in [-0.2, 0) is 11.3 Å². The third kappa shape index (κ3) is 3.35. The smallest absolute Gasteiger partial charge is 0.260 e. The van der Waals surface area contributed by atoms with Crippen molar-refractivity contribution in [3.8, 4) is 0 Å². The highest BCUT2D eigenvalue weighted by Gasteiger charge is 2.12. The average molecular weight is 260 g/mol. The molecule has 98 valence electrons. The van der Waals surface area contributed by atoms with Crippen LogP contribution in [-0.4, -0.2) is 18.0 Å². The topological polar surface area (TPSA) is 51.2 Å². The maximum Gasteiger partial charge on any atom is 0.260 e. The van der Waals surface area contributed by atoms with E-state index in [2.05, 4.69) is 10.3 Å². The molecule has 0 radical (unpaired) electrons. The number of anilines is 1. The van der Waals surface area contributed by atoms with Crippen LogP contribution in [0.1, 0.15) is 15.9 Å². The number of hydrogen-bond donors (Lipinski definition) is 1. The highest BCUT2D eigenvalue weighted by atomic mass is 19.1. The summed E-state index contributed by atoms with van der Waals surface area (Å²) in [6.45, 7) is 0.449. The Morgan fingerprint density at radius 2 is 2.21 bits per heavy atom. The highest BCUT2D eigenvalue weighted by molar-refractivity contribution is 6.04. The fraction of sp³-hybridized carbons (Fsp3) is 0.143. The molecule has 1 aromatic heterocycles. The molecule has 1 N–H and O–H groups in total. The molecule has 0 bridgehead atoms. The zero-order chi connectivity index (χ0) is 13.7. The number of aromatic nitrogens is 1. The number of rotatable bonds is 4. The number of nitrogens with one attached hydrogen (secondary N) is 1. The van der Waals surface area contributed by atoms with Gasteiger partial charge in [0.25, 0.3) is 5.91 Å². The summed E-state index contributed by atoms with van der Waals surface area (Å²) >= 11 is 0.